The van der Waals surface area contributed by atoms with Crippen LogP contribution in [0.3, 0.4) is 0 Å². The van der Waals surface area contributed by atoms with Crippen LogP contribution in [-0.2, 0) is 0 Å². The Kier molecular flexibility index (Phi) is 1.43. The molecule has 0 aromatic carbocycles. The zero-order chi connectivity index (χ0) is 6.81. The molecule has 0 aliphatic carbocycles. The Bertz CT molecular complexity index is 270. The average molecular weight is 150 g/mol. The van der Waals surface area contributed by atoms with Crippen LogP contribution in [0.4, 0.5) is 0 Å². The molecule has 10 heavy (non-hydrogen) atoms. The van der Waals surface area contributed by atoms with E-state index in [2.05, 4.69) is 9.98 Å². The molecule has 0 unspecified atom stereocenters. The molecule has 0 amide bonds. The van der Waals surface area contributed by atoms with Crippen molar-refractivity contribution in [2.75, 3.05) is 5.88 Å². The number of nitrogens with zero attached hydrogens (tertiary/aromatic N) is 2. The summed E-state index contributed by atoms with van der Waals surface area (Å²) in [6.07, 6.45) is 5.56. The first-order valence-electron chi connectivity index (χ1n) is 3.03. The quantitative estimate of drug-likeness (QED) is 0.560. The zero-order valence-electron chi connectivity index (χ0n) is 5.32. The van der Waals surface area contributed by atoms with Gasteiger partial charge in [-0.1, -0.05) is 0 Å². The van der Waals surface area contributed by atoms with Crippen molar-refractivity contribution in [2.45, 2.75) is 4.90 Å². The summed E-state index contributed by atoms with van der Waals surface area (Å²) in [5.74, 6) is 0.832. The molecular weight excluding hydrogens is 144 g/mol. The summed E-state index contributed by atoms with van der Waals surface area (Å²) in [5.41, 5.74) is 1.19. The summed E-state index contributed by atoms with van der Waals surface area (Å²) < 4.78 is 0. The van der Waals surface area contributed by atoms with E-state index in [1.165, 1.54) is 10.5 Å². The third-order valence-electron chi connectivity index (χ3n) is 1.34. The minimum atomic E-state index is 0.832. The predicted molar refractivity (Wildman–Crippen MR) is 42.6 cm³/mol. The number of pyridine rings is 1. The van der Waals surface area contributed by atoms with E-state index in [4.69, 9.17) is 0 Å². The van der Waals surface area contributed by atoms with Gasteiger partial charge >= 0.3 is 0 Å². The minimum Gasteiger partial charge on any atom is -0.281 e. The molecule has 0 saturated carbocycles. The minimum absolute atomic E-state index is 0.832. The molecule has 3 heteroatoms. The number of fused-ring (bicyclic) bond motifs is 1. The van der Waals surface area contributed by atoms with E-state index in [9.17, 15) is 0 Å². The van der Waals surface area contributed by atoms with E-state index in [0.29, 0.717) is 0 Å². The molecule has 0 saturated heterocycles. The smallest absolute Gasteiger partial charge is 0.0891 e. The van der Waals surface area contributed by atoms with Crippen LogP contribution in [0.2, 0.25) is 0 Å². The van der Waals surface area contributed by atoms with Crippen molar-refractivity contribution in [3.05, 3.63) is 24.0 Å². The summed E-state index contributed by atoms with van der Waals surface area (Å²) in [4.78, 5) is 9.38. The summed E-state index contributed by atoms with van der Waals surface area (Å²) in [6.45, 7) is 0. The van der Waals surface area contributed by atoms with Gasteiger partial charge in [-0.2, -0.15) is 0 Å². The lowest BCUT2D eigenvalue weighted by molar-refractivity contribution is 1.20. The summed E-state index contributed by atoms with van der Waals surface area (Å²) in [7, 11) is 0. The number of hydrogen-bond acceptors (Lipinski definition) is 3. The maximum absolute atomic E-state index is 4.13. The molecule has 1 aliphatic rings. The third-order valence-corrected chi connectivity index (χ3v) is 2.27. The van der Waals surface area contributed by atoms with Crippen molar-refractivity contribution in [3.63, 3.8) is 0 Å². The molecule has 1 aliphatic heterocycles. The van der Waals surface area contributed by atoms with Gasteiger partial charge in [-0.3, -0.25) is 9.98 Å². The van der Waals surface area contributed by atoms with Gasteiger partial charge in [0.15, 0.2) is 0 Å². The molecule has 2 nitrogen and oxygen atoms in total. The predicted octanol–water partition coefficient (Wildman–Crippen LogP) is 1.56. The van der Waals surface area contributed by atoms with Crippen LogP contribution >= 0.6 is 11.8 Å². The van der Waals surface area contributed by atoms with Crippen molar-refractivity contribution < 1.29 is 0 Å². The fraction of sp³-hybridized carbons (Fsp3) is 0.143. The van der Waals surface area contributed by atoms with E-state index in [-0.39, 0.29) is 0 Å². The van der Waals surface area contributed by atoms with Gasteiger partial charge in [0.2, 0.25) is 0 Å². The van der Waals surface area contributed by atoms with Gasteiger partial charge in [-0.05, 0) is 6.07 Å². The van der Waals surface area contributed by atoms with Crippen LogP contribution < -0.4 is 0 Å². The molecule has 0 radical (unpaired) electrons. The van der Waals surface area contributed by atoms with Gasteiger partial charge in [-0.25, -0.2) is 0 Å². The second kappa shape index (κ2) is 2.42. The van der Waals surface area contributed by atoms with Crippen LogP contribution in [0.5, 0.6) is 0 Å². The highest BCUT2D eigenvalue weighted by atomic mass is 32.2. The Labute approximate surface area is 63.4 Å². The molecule has 2 heterocycles. The van der Waals surface area contributed by atoms with E-state index in [0.717, 1.165) is 5.88 Å². The highest BCUT2D eigenvalue weighted by Gasteiger charge is 2.02. The average Bonchev–Trinajstić information content (AvgIpc) is 2.05. The molecule has 50 valence electrons. The zero-order valence-corrected chi connectivity index (χ0v) is 6.14. The van der Waals surface area contributed by atoms with Crippen LogP contribution in [0.1, 0.15) is 5.56 Å². The van der Waals surface area contributed by atoms with E-state index >= 15 is 0 Å². The first kappa shape index (κ1) is 5.92. The van der Waals surface area contributed by atoms with Gasteiger partial charge in [-0.15, -0.1) is 11.8 Å². The van der Waals surface area contributed by atoms with Crippen molar-refractivity contribution in [2.24, 2.45) is 4.99 Å². The molecule has 1 aromatic heterocycles. The number of thioether (sulfide) groups is 1. The van der Waals surface area contributed by atoms with E-state index < -0.39 is 0 Å². The summed E-state index contributed by atoms with van der Waals surface area (Å²) in [5, 5.41) is 0. The monoisotopic (exact) mass is 150 g/mol. The standard InChI is InChI=1S/C7H6N2S/c1-2-8-4-7-6(1)3-9-5-10-7/h1-4H,5H2. The van der Waals surface area contributed by atoms with Crippen LogP contribution in [-0.4, -0.2) is 17.1 Å². The van der Waals surface area contributed by atoms with Gasteiger partial charge in [0, 0.05) is 29.1 Å². The molecule has 0 N–H and O–H groups in total. The fourth-order valence-electron chi connectivity index (χ4n) is 0.860. The molecule has 0 spiro atoms. The van der Waals surface area contributed by atoms with Crippen molar-refractivity contribution in [3.8, 4) is 0 Å². The van der Waals surface area contributed by atoms with Crippen LogP contribution in [0, 0.1) is 0 Å². The van der Waals surface area contributed by atoms with Crippen molar-refractivity contribution >= 4 is 18.0 Å². The Hall–Kier alpha value is -0.830. The molecule has 0 fully saturated rings. The highest BCUT2D eigenvalue weighted by Crippen LogP contribution is 2.23. The lowest BCUT2D eigenvalue weighted by atomic mass is 10.3. The Morgan fingerprint density at radius 3 is 3.40 bits per heavy atom. The SMILES string of the molecule is C1=NCSc2cnccc21. The second-order valence-corrected chi connectivity index (χ2v) is 2.99. The first-order chi connectivity index (χ1) is 4.97. The van der Waals surface area contributed by atoms with Gasteiger partial charge in [0.1, 0.15) is 0 Å². The van der Waals surface area contributed by atoms with Crippen molar-refractivity contribution in [1.29, 1.82) is 0 Å². The number of rotatable bonds is 0. The molecule has 2 rings (SSSR count). The largest absolute Gasteiger partial charge is 0.281 e. The molecule has 1 aromatic rings. The van der Waals surface area contributed by atoms with Gasteiger partial charge in [0.05, 0.1) is 5.88 Å². The lowest BCUT2D eigenvalue weighted by Crippen LogP contribution is -1.93. The van der Waals surface area contributed by atoms with Gasteiger partial charge in [0.25, 0.3) is 0 Å². The summed E-state index contributed by atoms with van der Waals surface area (Å²) >= 11 is 1.73. The van der Waals surface area contributed by atoms with Crippen LogP contribution in [0.15, 0.2) is 28.3 Å². The third kappa shape index (κ3) is 0.926. The first-order valence-corrected chi connectivity index (χ1v) is 4.02. The number of aliphatic imine (C=N–C) groups is 1. The maximum Gasteiger partial charge on any atom is 0.0891 e. The Morgan fingerprint density at radius 1 is 1.50 bits per heavy atom. The van der Waals surface area contributed by atoms with E-state index in [1.54, 1.807) is 18.0 Å². The Balaban J connectivity index is 2.54. The fourth-order valence-corrected chi connectivity index (χ4v) is 1.57. The normalized spacial score (nSPS) is 14.8. The Morgan fingerprint density at radius 2 is 2.50 bits per heavy atom. The lowest BCUT2D eigenvalue weighted by Gasteiger charge is -2.06. The number of hydrogen-bond donors (Lipinski definition) is 0. The maximum atomic E-state index is 4.13. The highest BCUT2D eigenvalue weighted by molar-refractivity contribution is 7.99. The van der Waals surface area contributed by atoms with Crippen molar-refractivity contribution in [1.82, 2.24) is 4.98 Å². The summed E-state index contributed by atoms with van der Waals surface area (Å²) in [6, 6.07) is 1.98. The molecule has 0 atom stereocenters. The topological polar surface area (TPSA) is 25.2 Å². The van der Waals surface area contributed by atoms with Gasteiger partial charge < -0.3 is 0 Å². The number of aromatic nitrogens is 1. The molecular formula is C7H6N2S. The van der Waals surface area contributed by atoms with Crippen LogP contribution in [0.25, 0.3) is 0 Å². The van der Waals surface area contributed by atoms with E-state index in [1.807, 2.05) is 18.5 Å². The second-order valence-electron chi connectivity index (χ2n) is 2.00. The molecule has 0 bridgehead atoms.